The lowest BCUT2D eigenvalue weighted by molar-refractivity contribution is 0.276. The van der Waals surface area contributed by atoms with E-state index in [1.54, 1.807) is 0 Å². The van der Waals surface area contributed by atoms with Crippen molar-refractivity contribution in [3.05, 3.63) is 46.3 Å². The minimum absolute atomic E-state index is 0.105. The Hall–Kier alpha value is -1.33. The van der Waals surface area contributed by atoms with E-state index in [-0.39, 0.29) is 6.61 Å². The largest absolute Gasteiger partial charge is 0.432 e. The molecule has 0 aliphatic rings. The molecule has 0 aliphatic heterocycles. The zero-order valence-corrected chi connectivity index (χ0v) is 11.0. The van der Waals surface area contributed by atoms with Crippen molar-refractivity contribution >= 4 is 21.9 Å². The summed E-state index contributed by atoms with van der Waals surface area (Å²) < 4.78 is 6.33. The van der Waals surface area contributed by atoms with Crippen molar-refractivity contribution in [3.8, 4) is 0 Å². The Labute approximate surface area is 108 Å². The molecule has 1 aromatic carbocycles. The number of aliphatic hydroxyl groups is 1. The molecule has 0 amide bonds. The molecular weight excluding hydrogens is 284 g/mol. The molecule has 2 aromatic rings. The van der Waals surface area contributed by atoms with Crippen molar-refractivity contribution in [3.63, 3.8) is 0 Å². The number of rotatable bonds is 4. The SMILES string of the molecule is CN(Cc1ccccc1Br)c1nc(CO)co1. The molecule has 17 heavy (non-hydrogen) atoms. The first-order valence-electron chi connectivity index (χ1n) is 5.20. The van der Waals surface area contributed by atoms with Gasteiger partial charge in [0.1, 0.15) is 12.0 Å². The Bertz CT molecular complexity index is 499. The van der Waals surface area contributed by atoms with Crippen molar-refractivity contribution < 1.29 is 9.52 Å². The first-order valence-corrected chi connectivity index (χ1v) is 6.00. The number of halogens is 1. The van der Waals surface area contributed by atoms with Gasteiger partial charge in [0.2, 0.25) is 0 Å². The fourth-order valence-corrected chi connectivity index (χ4v) is 1.90. The lowest BCUT2D eigenvalue weighted by Gasteiger charge is -2.15. The minimum atomic E-state index is -0.105. The Kier molecular flexibility index (Phi) is 3.81. The summed E-state index contributed by atoms with van der Waals surface area (Å²) in [6.07, 6.45) is 1.46. The summed E-state index contributed by atoms with van der Waals surface area (Å²) in [7, 11) is 1.90. The number of aromatic nitrogens is 1. The number of benzene rings is 1. The summed E-state index contributed by atoms with van der Waals surface area (Å²) in [5.41, 5.74) is 1.69. The van der Waals surface area contributed by atoms with Crippen molar-refractivity contribution in [1.82, 2.24) is 4.98 Å². The third kappa shape index (κ3) is 2.87. The van der Waals surface area contributed by atoms with Crippen LogP contribution in [0.1, 0.15) is 11.3 Å². The van der Waals surface area contributed by atoms with Crippen LogP contribution in [0.5, 0.6) is 0 Å². The monoisotopic (exact) mass is 296 g/mol. The van der Waals surface area contributed by atoms with Crippen LogP contribution in [0.25, 0.3) is 0 Å². The Balaban J connectivity index is 2.11. The molecule has 4 nitrogen and oxygen atoms in total. The molecule has 1 N–H and O–H groups in total. The summed E-state index contributed by atoms with van der Waals surface area (Å²) in [6.45, 7) is 0.583. The quantitative estimate of drug-likeness (QED) is 0.942. The highest BCUT2D eigenvalue weighted by Gasteiger charge is 2.10. The molecule has 0 saturated heterocycles. The van der Waals surface area contributed by atoms with Crippen molar-refractivity contribution in [2.24, 2.45) is 0 Å². The summed E-state index contributed by atoms with van der Waals surface area (Å²) >= 11 is 3.50. The van der Waals surface area contributed by atoms with Crippen LogP contribution >= 0.6 is 15.9 Å². The molecule has 5 heteroatoms. The van der Waals surface area contributed by atoms with E-state index in [4.69, 9.17) is 9.52 Å². The van der Waals surface area contributed by atoms with E-state index in [1.807, 2.05) is 36.2 Å². The van der Waals surface area contributed by atoms with E-state index in [1.165, 1.54) is 6.26 Å². The van der Waals surface area contributed by atoms with Gasteiger partial charge in [-0.25, -0.2) is 0 Å². The molecule has 0 spiro atoms. The predicted octanol–water partition coefficient (Wildman–Crippen LogP) is 2.57. The Morgan fingerprint density at radius 2 is 2.18 bits per heavy atom. The first-order chi connectivity index (χ1) is 8.20. The van der Waals surface area contributed by atoms with Crippen LogP contribution in [0.2, 0.25) is 0 Å². The van der Waals surface area contributed by atoms with Gasteiger partial charge in [-0.2, -0.15) is 4.98 Å². The van der Waals surface area contributed by atoms with Gasteiger partial charge in [0.05, 0.1) is 6.61 Å². The molecule has 0 atom stereocenters. The standard InChI is InChI=1S/C12H13BrN2O2/c1-15(12-14-10(7-16)8-17-12)6-9-4-2-3-5-11(9)13/h2-5,8,16H,6-7H2,1H3. The lowest BCUT2D eigenvalue weighted by atomic mass is 10.2. The van der Waals surface area contributed by atoms with E-state index in [2.05, 4.69) is 20.9 Å². The minimum Gasteiger partial charge on any atom is -0.432 e. The van der Waals surface area contributed by atoms with Crippen molar-refractivity contribution in [1.29, 1.82) is 0 Å². The van der Waals surface area contributed by atoms with Gasteiger partial charge in [0, 0.05) is 18.1 Å². The average Bonchev–Trinajstić information content (AvgIpc) is 2.81. The predicted molar refractivity (Wildman–Crippen MR) is 68.7 cm³/mol. The molecule has 2 rings (SSSR count). The molecule has 1 aromatic heterocycles. The highest BCUT2D eigenvalue weighted by molar-refractivity contribution is 9.10. The van der Waals surface area contributed by atoms with Crippen LogP contribution < -0.4 is 4.90 Å². The zero-order valence-electron chi connectivity index (χ0n) is 9.43. The van der Waals surface area contributed by atoms with Crippen LogP contribution in [-0.2, 0) is 13.2 Å². The Morgan fingerprint density at radius 3 is 2.82 bits per heavy atom. The van der Waals surface area contributed by atoms with E-state index in [0.717, 1.165) is 10.0 Å². The number of aliphatic hydroxyl groups excluding tert-OH is 1. The maximum atomic E-state index is 8.92. The molecule has 1 heterocycles. The third-order valence-corrected chi connectivity index (χ3v) is 3.17. The van der Waals surface area contributed by atoms with E-state index in [0.29, 0.717) is 18.3 Å². The summed E-state index contributed by atoms with van der Waals surface area (Å²) in [5.74, 6) is 0. The molecule has 0 fully saturated rings. The summed E-state index contributed by atoms with van der Waals surface area (Å²) in [5, 5.41) is 8.92. The smallest absolute Gasteiger partial charge is 0.297 e. The molecule has 0 aliphatic carbocycles. The van der Waals surface area contributed by atoms with Gasteiger partial charge < -0.3 is 14.4 Å². The number of anilines is 1. The second-order valence-electron chi connectivity index (χ2n) is 3.73. The highest BCUT2D eigenvalue weighted by atomic mass is 79.9. The van der Waals surface area contributed by atoms with E-state index >= 15 is 0 Å². The normalized spacial score (nSPS) is 10.5. The number of nitrogens with zero attached hydrogens (tertiary/aromatic N) is 2. The van der Waals surface area contributed by atoms with Crippen molar-refractivity contribution in [2.75, 3.05) is 11.9 Å². The molecule has 90 valence electrons. The summed E-state index contributed by atoms with van der Waals surface area (Å²) in [6, 6.07) is 8.50. The zero-order chi connectivity index (χ0) is 12.3. The van der Waals surface area contributed by atoms with Gasteiger partial charge in [-0.3, -0.25) is 0 Å². The maximum Gasteiger partial charge on any atom is 0.297 e. The van der Waals surface area contributed by atoms with Gasteiger partial charge in [0.25, 0.3) is 6.01 Å². The van der Waals surface area contributed by atoms with Gasteiger partial charge in [-0.15, -0.1) is 0 Å². The van der Waals surface area contributed by atoms with Gasteiger partial charge in [-0.05, 0) is 11.6 Å². The van der Waals surface area contributed by atoms with Crippen LogP contribution in [0.15, 0.2) is 39.4 Å². The first kappa shape index (κ1) is 12.1. The fraction of sp³-hybridized carbons (Fsp3) is 0.250. The average molecular weight is 297 g/mol. The number of hydrogen-bond donors (Lipinski definition) is 1. The number of oxazole rings is 1. The van der Waals surface area contributed by atoms with Crippen LogP contribution in [0.4, 0.5) is 6.01 Å². The fourth-order valence-electron chi connectivity index (χ4n) is 1.49. The van der Waals surface area contributed by atoms with E-state index in [9.17, 15) is 0 Å². The summed E-state index contributed by atoms with van der Waals surface area (Å²) in [4.78, 5) is 6.04. The van der Waals surface area contributed by atoms with E-state index < -0.39 is 0 Å². The van der Waals surface area contributed by atoms with Crippen LogP contribution in [-0.4, -0.2) is 17.1 Å². The molecule has 0 radical (unpaired) electrons. The third-order valence-electron chi connectivity index (χ3n) is 2.39. The maximum absolute atomic E-state index is 8.92. The lowest BCUT2D eigenvalue weighted by Crippen LogP contribution is -2.17. The Morgan fingerprint density at radius 1 is 1.41 bits per heavy atom. The second-order valence-corrected chi connectivity index (χ2v) is 4.58. The van der Waals surface area contributed by atoms with Gasteiger partial charge >= 0.3 is 0 Å². The molecular formula is C12H13BrN2O2. The van der Waals surface area contributed by atoms with Crippen LogP contribution in [0, 0.1) is 0 Å². The second kappa shape index (κ2) is 5.33. The molecule has 0 bridgehead atoms. The van der Waals surface area contributed by atoms with Crippen LogP contribution in [0.3, 0.4) is 0 Å². The molecule has 0 unspecified atom stereocenters. The van der Waals surface area contributed by atoms with Gasteiger partial charge in [-0.1, -0.05) is 34.1 Å². The molecule has 0 saturated carbocycles. The van der Waals surface area contributed by atoms with Crippen molar-refractivity contribution in [2.45, 2.75) is 13.2 Å². The number of hydrogen-bond acceptors (Lipinski definition) is 4. The highest BCUT2D eigenvalue weighted by Crippen LogP contribution is 2.20. The topological polar surface area (TPSA) is 49.5 Å². The van der Waals surface area contributed by atoms with Gasteiger partial charge in [0.15, 0.2) is 0 Å².